The van der Waals surface area contributed by atoms with E-state index in [0.29, 0.717) is 18.7 Å². The van der Waals surface area contributed by atoms with Gasteiger partial charge in [-0.2, -0.15) is 0 Å². The molecule has 0 spiro atoms. The first kappa shape index (κ1) is 17.9. The minimum atomic E-state index is -0.339. The number of rotatable bonds is 4. The first-order chi connectivity index (χ1) is 11.4. The van der Waals surface area contributed by atoms with E-state index in [9.17, 15) is 4.39 Å². The highest BCUT2D eigenvalue weighted by Gasteiger charge is 2.39. The van der Waals surface area contributed by atoms with Crippen LogP contribution in [0.4, 0.5) is 4.39 Å². The number of nitrogens with two attached hydrogens (primary N) is 1. The molecule has 1 aromatic rings. The van der Waals surface area contributed by atoms with E-state index in [4.69, 9.17) is 22.1 Å². The monoisotopic (exact) mass is 352 g/mol. The zero-order valence-electron chi connectivity index (χ0n) is 14.3. The van der Waals surface area contributed by atoms with E-state index >= 15 is 0 Å². The van der Waals surface area contributed by atoms with Crippen LogP contribution in [0.1, 0.15) is 38.2 Å². The highest BCUT2D eigenvalue weighted by molar-refractivity contribution is 6.30. The Morgan fingerprint density at radius 1 is 1.42 bits per heavy atom. The molecule has 3 N–H and O–H groups in total. The van der Waals surface area contributed by atoms with Crippen molar-refractivity contribution in [1.82, 2.24) is 5.32 Å². The highest BCUT2D eigenvalue weighted by atomic mass is 35.5. The van der Waals surface area contributed by atoms with Gasteiger partial charge in [0.1, 0.15) is 5.82 Å². The predicted octanol–water partition coefficient (Wildman–Crippen LogP) is 3.62. The summed E-state index contributed by atoms with van der Waals surface area (Å²) in [5.74, 6) is -0.387. The van der Waals surface area contributed by atoms with Crippen LogP contribution >= 0.6 is 11.6 Å². The smallest absolute Gasteiger partial charge is 0.145 e. The summed E-state index contributed by atoms with van der Waals surface area (Å²) in [5.41, 5.74) is 8.60. The van der Waals surface area contributed by atoms with Gasteiger partial charge in [0.05, 0.1) is 18.2 Å². The third kappa shape index (κ3) is 3.52. The normalized spacial score (nSPS) is 28.0. The molecule has 1 saturated heterocycles. The Labute approximate surface area is 148 Å². The van der Waals surface area contributed by atoms with E-state index in [-0.39, 0.29) is 34.3 Å². The summed E-state index contributed by atoms with van der Waals surface area (Å²) in [6.45, 7) is 6.67. The summed E-state index contributed by atoms with van der Waals surface area (Å²) in [7, 11) is 0. The predicted molar refractivity (Wildman–Crippen MR) is 95.8 cm³/mol. The van der Waals surface area contributed by atoms with E-state index in [2.05, 4.69) is 25.2 Å². The Morgan fingerprint density at radius 3 is 2.92 bits per heavy atom. The molecule has 0 saturated carbocycles. The Balaban J connectivity index is 1.73. The van der Waals surface area contributed by atoms with Gasteiger partial charge < -0.3 is 15.8 Å². The lowest BCUT2D eigenvalue weighted by Gasteiger charge is -2.34. The Hall–Kier alpha value is -0.940. The second-order valence-electron chi connectivity index (χ2n) is 7.48. The van der Waals surface area contributed by atoms with Crippen molar-refractivity contribution < 1.29 is 9.13 Å². The molecule has 3 nitrogen and oxygen atoms in total. The number of ether oxygens (including phenoxy) is 1. The molecular weight excluding hydrogens is 327 g/mol. The molecule has 3 atom stereocenters. The van der Waals surface area contributed by atoms with Gasteiger partial charge in [0.15, 0.2) is 0 Å². The minimum absolute atomic E-state index is 0.0480. The maximum Gasteiger partial charge on any atom is 0.145 e. The standard InChI is InChI=1S/C19H26ClFN2O/c1-19(2,12-6-8-24-9-7-12)10-16-18(22)14(11-23-16)13-4-3-5-15(20)17(13)21/h3-6,14,16,18,23H,7-11,22H2,1-2H3. The van der Waals surface area contributed by atoms with Crippen LogP contribution in [0.25, 0.3) is 0 Å². The minimum Gasteiger partial charge on any atom is -0.377 e. The Morgan fingerprint density at radius 2 is 2.21 bits per heavy atom. The molecule has 0 aliphatic carbocycles. The lowest BCUT2D eigenvalue weighted by Crippen LogP contribution is -2.42. The second kappa shape index (κ2) is 7.12. The van der Waals surface area contributed by atoms with Crippen molar-refractivity contribution in [2.75, 3.05) is 19.8 Å². The lowest BCUT2D eigenvalue weighted by molar-refractivity contribution is 0.143. The van der Waals surface area contributed by atoms with Gasteiger partial charge in [0.25, 0.3) is 0 Å². The summed E-state index contributed by atoms with van der Waals surface area (Å²) in [6.07, 6.45) is 4.10. The van der Waals surface area contributed by atoms with Crippen molar-refractivity contribution in [3.8, 4) is 0 Å². The van der Waals surface area contributed by atoms with Gasteiger partial charge in [0.2, 0.25) is 0 Å². The van der Waals surface area contributed by atoms with Crippen molar-refractivity contribution in [1.29, 1.82) is 0 Å². The zero-order chi connectivity index (χ0) is 17.3. The molecule has 0 radical (unpaired) electrons. The highest BCUT2D eigenvalue weighted by Crippen LogP contribution is 2.39. The molecule has 3 rings (SSSR count). The van der Waals surface area contributed by atoms with Crippen LogP contribution in [-0.2, 0) is 4.74 Å². The summed E-state index contributed by atoms with van der Waals surface area (Å²) in [6, 6.07) is 5.19. The summed E-state index contributed by atoms with van der Waals surface area (Å²) in [5, 5.41) is 3.67. The summed E-state index contributed by atoms with van der Waals surface area (Å²) < 4.78 is 19.8. The molecule has 1 aromatic carbocycles. The molecule has 0 aromatic heterocycles. The van der Waals surface area contributed by atoms with Crippen LogP contribution in [0.3, 0.4) is 0 Å². The molecule has 5 heteroatoms. The molecule has 0 bridgehead atoms. The van der Waals surface area contributed by atoms with Crippen LogP contribution in [0.2, 0.25) is 5.02 Å². The van der Waals surface area contributed by atoms with Crippen LogP contribution < -0.4 is 11.1 Å². The third-order valence-corrected chi connectivity index (χ3v) is 5.76. The van der Waals surface area contributed by atoms with Gasteiger partial charge in [-0.1, -0.05) is 49.2 Å². The van der Waals surface area contributed by atoms with Gasteiger partial charge in [0, 0.05) is 24.5 Å². The average Bonchev–Trinajstić information content (AvgIpc) is 2.91. The van der Waals surface area contributed by atoms with Crippen LogP contribution in [0.15, 0.2) is 29.8 Å². The van der Waals surface area contributed by atoms with Crippen molar-refractivity contribution >= 4 is 11.6 Å². The molecule has 24 heavy (non-hydrogen) atoms. The van der Waals surface area contributed by atoms with Gasteiger partial charge in [-0.15, -0.1) is 0 Å². The van der Waals surface area contributed by atoms with Crippen LogP contribution in [0.5, 0.6) is 0 Å². The molecule has 2 aliphatic heterocycles. The van der Waals surface area contributed by atoms with Crippen molar-refractivity contribution in [2.24, 2.45) is 11.1 Å². The maximum atomic E-state index is 14.3. The largest absolute Gasteiger partial charge is 0.377 e. The van der Waals surface area contributed by atoms with E-state index in [0.717, 1.165) is 19.4 Å². The van der Waals surface area contributed by atoms with Gasteiger partial charge >= 0.3 is 0 Å². The number of benzene rings is 1. The number of hydrogen-bond donors (Lipinski definition) is 2. The molecule has 2 aliphatic rings. The summed E-state index contributed by atoms with van der Waals surface area (Å²) in [4.78, 5) is 0. The van der Waals surface area contributed by atoms with Crippen molar-refractivity contribution in [3.05, 3.63) is 46.3 Å². The van der Waals surface area contributed by atoms with Gasteiger partial charge in [-0.3, -0.25) is 0 Å². The average molecular weight is 353 g/mol. The van der Waals surface area contributed by atoms with Crippen LogP contribution in [-0.4, -0.2) is 31.8 Å². The van der Waals surface area contributed by atoms with E-state index in [1.807, 2.05) is 0 Å². The Bertz CT molecular complexity index is 632. The molecular formula is C19H26ClFN2O. The van der Waals surface area contributed by atoms with E-state index in [1.165, 1.54) is 5.57 Å². The quantitative estimate of drug-likeness (QED) is 0.813. The number of hydrogen-bond acceptors (Lipinski definition) is 3. The SMILES string of the molecule is CC(C)(CC1NCC(c2cccc(Cl)c2F)C1N)C1=CCOCC1. The van der Waals surface area contributed by atoms with Crippen molar-refractivity contribution in [2.45, 2.75) is 44.7 Å². The van der Waals surface area contributed by atoms with E-state index < -0.39 is 0 Å². The van der Waals surface area contributed by atoms with Crippen LogP contribution in [0, 0.1) is 11.2 Å². The Kier molecular flexibility index (Phi) is 5.30. The fraction of sp³-hybridized carbons (Fsp3) is 0.579. The van der Waals surface area contributed by atoms with Gasteiger partial charge in [-0.05, 0) is 29.9 Å². The summed E-state index contributed by atoms with van der Waals surface area (Å²) >= 11 is 5.93. The van der Waals surface area contributed by atoms with Crippen molar-refractivity contribution in [3.63, 3.8) is 0 Å². The topological polar surface area (TPSA) is 47.3 Å². The number of nitrogens with one attached hydrogen (secondary N) is 1. The molecule has 3 unspecified atom stereocenters. The molecule has 0 amide bonds. The molecule has 132 valence electrons. The molecule has 2 heterocycles. The zero-order valence-corrected chi connectivity index (χ0v) is 15.1. The fourth-order valence-corrected chi connectivity index (χ4v) is 4.17. The molecule has 1 fully saturated rings. The first-order valence-corrected chi connectivity index (χ1v) is 8.98. The third-order valence-electron chi connectivity index (χ3n) is 5.47. The first-order valence-electron chi connectivity index (χ1n) is 8.60. The maximum absolute atomic E-state index is 14.3. The fourth-order valence-electron chi connectivity index (χ4n) is 3.99. The lowest BCUT2D eigenvalue weighted by atomic mass is 9.75. The van der Waals surface area contributed by atoms with E-state index in [1.54, 1.807) is 18.2 Å². The second-order valence-corrected chi connectivity index (χ2v) is 7.89. The number of halogens is 2. The van der Waals surface area contributed by atoms with Gasteiger partial charge in [-0.25, -0.2) is 4.39 Å².